The van der Waals surface area contributed by atoms with Crippen LogP contribution in [-0.4, -0.2) is 69.4 Å². The van der Waals surface area contributed by atoms with Gasteiger partial charge in [0.15, 0.2) is 0 Å². The first kappa shape index (κ1) is 29.6. The molecule has 7 rings (SSSR count). The number of para-hydroxylation sites is 2. The topological polar surface area (TPSA) is 99.7 Å². The summed E-state index contributed by atoms with van der Waals surface area (Å²) in [7, 11) is 0. The fourth-order valence-corrected chi connectivity index (χ4v) is 9.70. The summed E-state index contributed by atoms with van der Waals surface area (Å²) in [6.07, 6.45) is -2.35. The van der Waals surface area contributed by atoms with E-state index in [1.165, 1.54) is 9.80 Å². The highest BCUT2D eigenvalue weighted by atomic mass is 79.9. The maximum absolute atomic E-state index is 14.7. The Hall–Kier alpha value is -3.12. The largest absolute Gasteiger partial charge is 0.443 e. The number of halogens is 2. The highest BCUT2D eigenvalue weighted by Crippen LogP contribution is 2.63. The molecule has 0 aliphatic carbocycles. The van der Waals surface area contributed by atoms with Crippen LogP contribution in [0, 0.1) is 0 Å². The minimum absolute atomic E-state index is 0.239. The van der Waals surface area contributed by atoms with E-state index in [0.717, 1.165) is 11.1 Å². The summed E-state index contributed by atoms with van der Waals surface area (Å²) >= 11 is 7.87. The second kappa shape index (κ2) is 9.22. The minimum Gasteiger partial charge on any atom is -0.443 e. The highest BCUT2D eigenvalue weighted by Gasteiger charge is 2.73. The van der Waals surface area contributed by atoms with Gasteiger partial charge in [-0.05, 0) is 64.8 Å². The molecule has 5 aliphatic rings. The van der Waals surface area contributed by atoms with Crippen LogP contribution in [0.1, 0.15) is 65.5 Å². The van der Waals surface area contributed by atoms with Gasteiger partial charge in [0, 0.05) is 12.8 Å². The predicted molar refractivity (Wildman–Crippen MR) is 170 cm³/mol. The summed E-state index contributed by atoms with van der Waals surface area (Å²) in [4.78, 5) is 63.1. The third-order valence-corrected chi connectivity index (χ3v) is 11.3. The van der Waals surface area contributed by atoms with E-state index < -0.39 is 56.5 Å². The van der Waals surface area contributed by atoms with Gasteiger partial charge in [0.1, 0.15) is 35.6 Å². The van der Waals surface area contributed by atoms with E-state index >= 15 is 0 Å². The number of hydrogen-bond acceptors (Lipinski definition) is 6. The smallest absolute Gasteiger partial charge is 0.416 e. The van der Waals surface area contributed by atoms with Gasteiger partial charge in [-0.2, -0.15) is 0 Å². The van der Waals surface area contributed by atoms with Crippen LogP contribution >= 0.6 is 31.9 Å². The van der Waals surface area contributed by atoms with Crippen LogP contribution in [0.2, 0.25) is 0 Å². The SMILES string of the molecule is CC(C)(C)OC(=O)N1c2ccccc2[C@@]2(Br)C[C@H]3C(=O)N4[C@H]5N(C(=O)OC(C)(C)C)c6ccccc6C5(Br)C[C@H]4C(=O)N3C12. The zero-order chi connectivity index (χ0) is 31.7. The van der Waals surface area contributed by atoms with Crippen LogP contribution < -0.4 is 9.80 Å². The molecule has 10 nitrogen and oxygen atoms in total. The van der Waals surface area contributed by atoms with Crippen molar-refractivity contribution in [2.75, 3.05) is 9.80 Å². The van der Waals surface area contributed by atoms with Crippen LogP contribution in [0.15, 0.2) is 48.5 Å². The third-order valence-electron chi connectivity index (χ3n) is 8.97. The van der Waals surface area contributed by atoms with E-state index in [9.17, 15) is 19.2 Å². The van der Waals surface area contributed by atoms with Crippen molar-refractivity contribution in [3.05, 3.63) is 59.7 Å². The summed E-state index contributed by atoms with van der Waals surface area (Å²) in [5, 5.41) is 0. The van der Waals surface area contributed by atoms with Gasteiger partial charge in [0.25, 0.3) is 0 Å². The van der Waals surface area contributed by atoms with Crippen LogP contribution in [0.3, 0.4) is 0 Å². The number of anilines is 2. The number of rotatable bonds is 0. The normalized spacial score (nSPS) is 31.7. The minimum atomic E-state index is -0.898. The lowest BCUT2D eigenvalue weighted by Crippen LogP contribution is -2.68. The lowest BCUT2D eigenvalue weighted by Gasteiger charge is -2.45. The lowest BCUT2D eigenvalue weighted by molar-refractivity contribution is -0.160. The second-order valence-electron chi connectivity index (χ2n) is 14.1. The Labute approximate surface area is 272 Å². The molecule has 44 heavy (non-hydrogen) atoms. The van der Waals surface area contributed by atoms with Crippen LogP contribution in [0.4, 0.5) is 21.0 Å². The summed E-state index contributed by atoms with van der Waals surface area (Å²) < 4.78 is 9.85. The first-order chi connectivity index (χ1) is 20.5. The standard InChI is InChI=1S/C32H34Br2N4O6/c1-29(2,3)43-27(41)37-19-13-9-7-11-17(19)31(33)15-21-24(40)36-22(23(39)35(21)25(31)37)16-32(34)18-12-8-10-14-20(18)38(26(32)36)28(42)44-30(4,5)6/h7-14,21-22,25-26H,15-16H2,1-6H3/t21-,22-,25-,26?,31?,32-/m0/s1. The van der Waals surface area contributed by atoms with E-state index in [0.29, 0.717) is 11.4 Å². The van der Waals surface area contributed by atoms with Crippen molar-refractivity contribution in [2.45, 2.75) is 98.6 Å². The van der Waals surface area contributed by atoms with Crippen molar-refractivity contribution in [1.29, 1.82) is 0 Å². The quantitative estimate of drug-likeness (QED) is 0.311. The molecule has 3 saturated heterocycles. The highest BCUT2D eigenvalue weighted by molar-refractivity contribution is 9.10. The summed E-state index contributed by atoms with van der Waals surface area (Å²) in [5.41, 5.74) is 1.34. The number of carbonyl (C=O) groups is 4. The molecule has 5 aliphatic heterocycles. The summed E-state index contributed by atoms with van der Waals surface area (Å²) in [6, 6.07) is 13.2. The van der Waals surface area contributed by atoms with E-state index in [2.05, 4.69) is 31.9 Å². The lowest BCUT2D eigenvalue weighted by atomic mass is 9.95. The van der Waals surface area contributed by atoms with Crippen molar-refractivity contribution in [3.63, 3.8) is 0 Å². The van der Waals surface area contributed by atoms with Gasteiger partial charge >= 0.3 is 12.2 Å². The molecule has 0 bridgehead atoms. The van der Waals surface area contributed by atoms with Crippen molar-refractivity contribution < 1.29 is 28.7 Å². The van der Waals surface area contributed by atoms with Gasteiger partial charge in [-0.1, -0.05) is 68.3 Å². The Morgan fingerprint density at radius 2 is 1.02 bits per heavy atom. The number of ether oxygens (including phenoxy) is 2. The van der Waals surface area contributed by atoms with Gasteiger partial charge < -0.3 is 19.3 Å². The molecular weight excluding hydrogens is 696 g/mol. The number of carbonyl (C=O) groups excluding carboxylic acids is 4. The fraction of sp³-hybridized carbons (Fsp3) is 0.500. The molecule has 5 heterocycles. The van der Waals surface area contributed by atoms with Crippen LogP contribution in [0.25, 0.3) is 0 Å². The maximum atomic E-state index is 14.7. The Morgan fingerprint density at radius 3 is 1.36 bits per heavy atom. The van der Waals surface area contributed by atoms with Crippen molar-refractivity contribution in [2.24, 2.45) is 0 Å². The zero-order valence-corrected chi connectivity index (χ0v) is 28.5. The average Bonchev–Trinajstić information content (AvgIpc) is 3.55. The average molecular weight is 730 g/mol. The Morgan fingerprint density at radius 1 is 0.682 bits per heavy atom. The first-order valence-electron chi connectivity index (χ1n) is 14.7. The van der Waals surface area contributed by atoms with Crippen molar-refractivity contribution in [1.82, 2.24) is 9.80 Å². The molecule has 6 atom stereocenters. The van der Waals surface area contributed by atoms with E-state index in [1.54, 1.807) is 51.3 Å². The fourth-order valence-electron chi connectivity index (χ4n) is 7.57. The number of hydrogen-bond donors (Lipinski definition) is 0. The van der Waals surface area contributed by atoms with E-state index in [1.807, 2.05) is 48.5 Å². The van der Waals surface area contributed by atoms with Crippen molar-refractivity contribution in [3.8, 4) is 0 Å². The Kier molecular flexibility index (Phi) is 6.20. The molecule has 0 N–H and O–H groups in total. The molecule has 0 spiro atoms. The van der Waals surface area contributed by atoms with Gasteiger partial charge in [-0.25, -0.2) is 9.59 Å². The Bertz CT molecular complexity index is 1520. The summed E-state index contributed by atoms with van der Waals surface area (Å²) in [5.74, 6) is -0.561. The molecule has 232 valence electrons. The third kappa shape index (κ3) is 3.95. The monoisotopic (exact) mass is 728 g/mol. The van der Waals surface area contributed by atoms with Gasteiger partial charge in [-0.15, -0.1) is 0 Å². The zero-order valence-electron chi connectivity index (χ0n) is 25.3. The number of nitrogens with zero attached hydrogens (tertiary/aromatic N) is 4. The van der Waals surface area contributed by atoms with E-state index in [4.69, 9.17) is 9.47 Å². The molecule has 3 fully saturated rings. The molecule has 2 aromatic rings. The van der Waals surface area contributed by atoms with Gasteiger partial charge in [-0.3, -0.25) is 19.4 Å². The molecule has 12 heteroatoms. The number of fused-ring (bicyclic) bond motifs is 10. The molecule has 4 amide bonds. The second-order valence-corrected chi connectivity index (χ2v) is 17.0. The predicted octanol–water partition coefficient (Wildman–Crippen LogP) is 5.95. The molecule has 0 radical (unpaired) electrons. The number of amides is 4. The molecule has 2 unspecified atom stereocenters. The van der Waals surface area contributed by atoms with Gasteiger partial charge in [0.2, 0.25) is 11.8 Å². The number of alkyl halides is 2. The number of piperazine rings is 1. The van der Waals surface area contributed by atoms with Gasteiger partial charge in [0.05, 0.1) is 20.0 Å². The number of benzene rings is 2. The summed E-state index contributed by atoms with van der Waals surface area (Å²) in [6.45, 7) is 10.8. The van der Waals surface area contributed by atoms with Crippen LogP contribution in [-0.2, 0) is 27.7 Å². The Balaban J connectivity index is 1.32. The maximum Gasteiger partial charge on any atom is 0.416 e. The molecule has 2 aromatic carbocycles. The molecule has 0 saturated carbocycles. The van der Waals surface area contributed by atoms with Crippen molar-refractivity contribution >= 4 is 67.2 Å². The van der Waals surface area contributed by atoms with E-state index in [-0.39, 0.29) is 24.7 Å². The van der Waals surface area contributed by atoms with Crippen LogP contribution in [0.5, 0.6) is 0 Å². The first-order valence-corrected chi connectivity index (χ1v) is 16.3. The molecule has 0 aromatic heterocycles. The molecular formula is C32H34Br2N4O6.